The number of nitrogens with two attached hydrogens (primary N) is 1. The first-order valence-corrected chi connectivity index (χ1v) is 6.52. The molecular weight excluding hydrogens is 184 g/mol. The Morgan fingerprint density at radius 3 is 2.40 bits per heavy atom. The van der Waals surface area contributed by atoms with Gasteiger partial charge in [-0.05, 0) is 25.2 Å². The molecule has 86 valence electrons. The Labute approximate surface area is 93.3 Å². The van der Waals surface area contributed by atoms with Crippen molar-refractivity contribution in [2.75, 3.05) is 6.54 Å². The van der Waals surface area contributed by atoms with Gasteiger partial charge in [0.25, 0.3) is 0 Å². The maximum atomic E-state index is 5.84. The van der Waals surface area contributed by atoms with Crippen LogP contribution in [-0.2, 0) is 0 Å². The molecule has 1 fully saturated rings. The molecule has 2 atom stereocenters. The summed E-state index contributed by atoms with van der Waals surface area (Å²) in [6.45, 7) is 1.13. The molecule has 2 nitrogen and oxygen atoms in total. The van der Waals surface area contributed by atoms with E-state index in [0.717, 1.165) is 19.0 Å². The Hall–Kier alpha value is -0.340. The van der Waals surface area contributed by atoms with Crippen LogP contribution >= 0.6 is 0 Å². The molecule has 2 unspecified atom stereocenters. The third-order valence-electron chi connectivity index (χ3n) is 3.73. The smallest absolute Gasteiger partial charge is 0.0229 e. The quantitative estimate of drug-likeness (QED) is 0.551. The summed E-state index contributed by atoms with van der Waals surface area (Å²) in [5.41, 5.74) is 5.84. The summed E-state index contributed by atoms with van der Waals surface area (Å²) in [6, 6.07) is 1.09. The first-order valence-electron chi connectivity index (χ1n) is 6.52. The van der Waals surface area contributed by atoms with Gasteiger partial charge in [0.15, 0.2) is 0 Å². The Morgan fingerprint density at radius 2 is 1.80 bits per heavy atom. The van der Waals surface area contributed by atoms with Gasteiger partial charge < -0.3 is 11.1 Å². The fourth-order valence-corrected chi connectivity index (χ4v) is 2.76. The Bertz CT molecular complexity index is 205. The van der Waals surface area contributed by atoms with E-state index in [0.29, 0.717) is 12.0 Å². The zero-order valence-electron chi connectivity index (χ0n) is 9.62. The zero-order chi connectivity index (χ0) is 10.5. The summed E-state index contributed by atoms with van der Waals surface area (Å²) in [7, 11) is 0. The summed E-state index contributed by atoms with van der Waals surface area (Å²) >= 11 is 0. The molecule has 0 aromatic heterocycles. The van der Waals surface area contributed by atoms with Gasteiger partial charge in [0.05, 0.1) is 0 Å². The van der Waals surface area contributed by atoms with E-state index in [4.69, 9.17) is 5.73 Å². The minimum atomic E-state index is 0.311. The van der Waals surface area contributed by atoms with Crippen molar-refractivity contribution in [2.45, 2.75) is 57.0 Å². The van der Waals surface area contributed by atoms with E-state index in [9.17, 15) is 0 Å². The normalized spacial score (nSPS) is 33.1. The van der Waals surface area contributed by atoms with Gasteiger partial charge in [-0.3, -0.25) is 0 Å². The van der Waals surface area contributed by atoms with Crippen LogP contribution in [0.5, 0.6) is 0 Å². The SMILES string of the molecule is NC1C=CC(CNC2CCCCCC2)C1. The highest BCUT2D eigenvalue weighted by Crippen LogP contribution is 2.19. The van der Waals surface area contributed by atoms with E-state index in [2.05, 4.69) is 17.5 Å². The molecule has 0 saturated heterocycles. The van der Waals surface area contributed by atoms with Crippen molar-refractivity contribution in [3.8, 4) is 0 Å². The van der Waals surface area contributed by atoms with Gasteiger partial charge in [-0.25, -0.2) is 0 Å². The molecule has 2 heteroatoms. The van der Waals surface area contributed by atoms with Crippen molar-refractivity contribution in [2.24, 2.45) is 11.7 Å². The number of rotatable bonds is 3. The molecule has 3 N–H and O–H groups in total. The third-order valence-corrected chi connectivity index (χ3v) is 3.73. The van der Waals surface area contributed by atoms with E-state index >= 15 is 0 Å². The van der Waals surface area contributed by atoms with E-state index in [1.54, 1.807) is 0 Å². The van der Waals surface area contributed by atoms with Crippen LogP contribution in [0.25, 0.3) is 0 Å². The van der Waals surface area contributed by atoms with Crippen LogP contribution in [-0.4, -0.2) is 18.6 Å². The maximum absolute atomic E-state index is 5.84. The molecule has 0 aromatic rings. The van der Waals surface area contributed by atoms with E-state index in [-0.39, 0.29) is 0 Å². The molecule has 0 amide bonds. The van der Waals surface area contributed by atoms with Crippen LogP contribution in [0.1, 0.15) is 44.9 Å². The van der Waals surface area contributed by atoms with Crippen LogP contribution in [0.3, 0.4) is 0 Å². The third kappa shape index (κ3) is 3.62. The summed E-state index contributed by atoms with van der Waals surface area (Å²) in [5, 5.41) is 3.72. The lowest BCUT2D eigenvalue weighted by Gasteiger charge is -2.18. The molecule has 1 saturated carbocycles. The van der Waals surface area contributed by atoms with Gasteiger partial charge in [0.2, 0.25) is 0 Å². The highest BCUT2D eigenvalue weighted by molar-refractivity contribution is 5.05. The lowest BCUT2D eigenvalue weighted by Crippen LogP contribution is -2.33. The van der Waals surface area contributed by atoms with Gasteiger partial charge in [0, 0.05) is 18.6 Å². The van der Waals surface area contributed by atoms with Crippen molar-refractivity contribution in [3.05, 3.63) is 12.2 Å². The fraction of sp³-hybridized carbons (Fsp3) is 0.846. The first-order chi connectivity index (χ1) is 7.34. The molecule has 0 radical (unpaired) electrons. The highest BCUT2D eigenvalue weighted by atomic mass is 14.9. The van der Waals surface area contributed by atoms with Crippen molar-refractivity contribution >= 4 is 0 Å². The highest BCUT2D eigenvalue weighted by Gasteiger charge is 2.17. The van der Waals surface area contributed by atoms with Crippen molar-refractivity contribution in [1.29, 1.82) is 0 Å². The molecule has 2 aliphatic rings. The second kappa shape index (κ2) is 5.66. The van der Waals surface area contributed by atoms with E-state index in [1.807, 2.05) is 0 Å². The van der Waals surface area contributed by atoms with Gasteiger partial charge >= 0.3 is 0 Å². The van der Waals surface area contributed by atoms with Gasteiger partial charge in [0.1, 0.15) is 0 Å². The van der Waals surface area contributed by atoms with Crippen molar-refractivity contribution in [1.82, 2.24) is 5.32 Å². The molecular formula is C13H24N2. The molecule has 0 aliphatic heterocycles. The minimum absolute atomic E-state index is 0.311. The molecule has 15 heavy (non-hydrogen) atoms. The molecule has 0 spiro atoms. The van der Waals surface area contributed by atoms with Gasteiger partial charge in [-0.15, -0.1) is 0 Å². The molecule has 2 aliphatic carbocycles. The predicted molar refractivity (Wildman–Crippen MR) is 64.7 cm³/mol. The second-order valence-electron chi connectivity index (χ2n) is 5.14. The first kappa shape index (κ1) is 11.2. The van der Waals surface area contributed by atoms with Crippen molar-refractivity contribution < 1.29 is 0 Å². The van der Waals surface area contributed by atoms with E-state index < -0.39 is 0 Å². The zero-order valence-corrected chi connectivity index (χ0v) is 9.62. The standard InChI is InChI=1S/C13H24N2/c14-12-8-7-11(9-12)10-15-13-5-3-1-2-4-6-13/h7-8,11-13,15H,1-6,9-10,14H2. The Kier molecular flexibility index (Phi) is 4.21. The summed E-state index contributed by atoms with van der Waals surface area (Å²) in [4.78, 5) is 0. The topological polar surface area (TPSA) is 38.0 Å². The number of hydrogen-bond donors (Lipinski definition) is 2. The fourth-order valence-electron chi connectivity index (χ4n) is 2.76. The van der Waals surface area contributed by atoms with Gasteiger partial charge in [-0.2, -0.15) is 0 Å². The average Bonchev–Trinajstić information content (AvgIpc) is 2.52. The van der Waals surface area contributed by atoms with Crippen LogP contribution in [0.15, 0.2) is 12.2 Å². The molecule has 0 bridgehead atoms. The second-order valence-corrected chi connectivity index (χ2v) is 5.14. The predicted octanol–water partition coefficient (Wildman–Crippen LogP) is 2.20. The number of hydrogen-bond acceptors (Lipinski definition) is 2. The minimum Gasteiger partial charge on any atom is -0.324 e. The van der Waals surface area contributed by atoms with Crippen LogP contribution in [0, 0.1) is 5.92 Å². The van der Waals surface area contributed by atoms with Crippen molar-refractivity contribution in [3.63, 3.8) is 0 Å². The summed E-state index contributed by atoms with van der Waals surface area (Å²) in [5.74, 6) is 0.684. The molecule has 0 aromatic carbocycles. The summed E-state index contributed by atoms with van der Waals surface area (Å²) in [6.07, 6.45) is 14.0. The van der Waals surface area contributed by atoms with E-state index in [1.165, 1.54) is 38.5 Å². The lowest BCUT2D eigenvalue weighted by atomic mass is 10.1. The van der Waals surface area contributed by atoms with Crippen LogP contribution in [0.2, 0.25) is 0 Å². The molecule has 0 heterocycles. The maximum Gasteiger partial charge on any atom is 0.0229 e. The Balaban J connectivity index is 1.66. The monoisotopic (exact) mass is 208 g/mol. The summed E-state index contributed by atoms with van der Waals surface area (Å²) < 4.78 is 0. The average molecular weight is 208 g/mol. The van der Waals surface area contributed by atoms with Gasteiger partial charge in [-0.1, -0.05) is 37.8 Å². The largest absolute Gasteiger partial charge is 0.324 e. The number of nitrogens with one attached hydrogen (secondary N) is 1. The lowest BCUT2D eigenvalue weighted by molar-refractivity contribution is 0.422. The Morgan fingerprint density at radius 1 is 1.07 bits per heavy atom. The van der Waals surface area contributed by atoms with Crippen LogP contribution < -0.4 is 11.1 Å². The van der Waals surface area contributed by atoms with Crippen LogP contribution in [0.4, 0.5) is 0 Å². The molecule has 2 rings (SSSR count).